The summed E-state index contributed by atoms with van der Waals surface area (Å²) in [5, 5.41) is 2.82. The Balaban J connectivity index is 1.93. The minimum Gasteiger partial charge on any atom is -0.0803 e. The molecule has 1 atom stereocenters. The van der Waals surface area contributed by atoms with Crippen molar-refractivity contribution >= 4 is 24.9 Å². The molecule has 0 amide bonds. The molecule has 110 valence electrons. The summed E-state index contributed by atoms with van der Waals surface area (Å²) < 4.78 is 0. The van der Waals surface area contributed by atoms with Crippen LogP contribution in [-0.2, 0) is 0 Å². The lowest BCUT2D eigenvalue weighted by Gasteiger charge is -2.36. The standard InChI is InChI=1S/C21H22Si/c1-15-14-17-13-12-16-8-4-7-11-19(16)20(17)21(15)22(2,3)18-9-5-6-10-18/h4-14,18,21H,1-3H3. The average molecular weight is 302 g/mol. The lowest BCUT2D eigenvalue weighted by molar-refractivity contribution is 1.04. The first-order chi connectivity index (χ1) is 10.6. The summed E-state index contributed by atoms with van der Waals surface area (Å²) >= 11 is 0. The van der Waals surface area contributed by atoms with Crippen LogP contribution in [0.3, 0.4) is 0 Å². The van der Waals surface area contributed by atoms with Gasteiger partial charge in [0.1, 0.15) is 0 Å². The quantitative estimate of drug-likeness (QED) is 0.589. The summed E-state index contributed by atoms with van der Waals surface area (Å²) in [5.41, 5.74) is 5.84. The van der Waals surface area contributed by atoms with E-state index in [2.05, 4.69) is 86.8 Å². The molecule has 2 aromatic carbocycles. The van der Waals surface area contributed by atoms with Crippen molar-refractivity contribution in [2.45, 2.75) is 31.1 Å². The van der Waals surface area contributed by atoms with E-state index in [9.17, 15) is 0 Å². The molecule has 1 heteroatoms. The summed E-state index contributed by atoms with van der Waals surface area (Å²) in [7, 11) is -1.51. The third-order valence-electron chi connectivity index (χ3n) is 5.48. The molecule has 0 bridgehead atoms. The van der Waals surface area contributed by atoms with Crippen LogP contribution in [-0.4, -0.2) is 8.07 Å². The molecule has 4 rings (SSSR count). The predicted molar refractivity (Wildman–Crippen MR) is 99.9 cm³/mol. The van der Waals surface area contributed by atoms with Crippen LogP contribution < -0.4 is 0 Å². The van der Waals surface area contributed by atoms with Crippen molar-refractivity contribution in [1.82, 2.24) is 0 Å². The van der Waals surface area contributed by atoms with E-state index in [1.807, 2.05) is 0 Å². The van der Waals surface area contributed by atoms with Crippen molar-refractivity contribution in [3.8, 4) is 0 Å². The van der Waals surface area contributed by atoms with Gasteiger partial charge in [-0.15, -0.1) is 0 Å². The zero-order valence-corrected chi connectivity index (χ0v) is 14.5. The molecule has 0 aromatic heterocycles. The molecular formula is C21H22Si. The summed E-state index contributed by atoms with van der Waals surface area (Å²) in [6.07, 6.45) is 11.7. The van der Waals surface area contributed by atoms with E-state index in [1.54, 1.807) is 11.1 Å². The first kappa shape index (κ1) is 13.8. The Morgan fingerprint density at radius 3 is 2.41 bits per heavy atom. The highest BCUT2D eigenvalue weighted by molar-refractivity contribution is 6.82. The van der Waals surface area contributed by atoms with Crippen LogP contribution in [0.15, 0.2) is 66.3 Å². The van der Waals surface area contributed by atoms with Gasteiger partial charge in [0.15, 0.2) is 0 Å². The Morgan fingerprint density at radius 2 is 1.64 bits per heavy atom. The molecule has 0 saturated heterocycles. The molecule has 2 aromatic rings. The average Bonchev–Trinajstić information content (AvgIpc) is 3.14. The molecule has 0 fully saturated rings. The number of hydrogen-bond acceptors (Lipinski definition) is 0. The monoisotopic (exact) mass is 302 g/mol. The summed E-state index contributed by atoms with van der Waals surface area (Å²) in [5.74, 6) is 0. The van der Waals surface area contributed by atoms with Crippen molar-refractivity contribution in [2.75, 3.05) is 0 Å². The van der Waals surface area contributed by atoms with Gasteiger partial charge in [-0.05, 0) is 34.4 Å². The lowest BCUT2D eigenvalue weighted by Crippen LogP contribution is -2.38. The Labute approximate surface area is 133 Å². The third kappa shape index (κ3) is 1.89. The second kappa shape index (κ2) is 4.82. The van der Waals surface area contributed by atoms with Crippen molar-refractivity contribution in [3.05, 3.63) is 77.4 Å². The SMILES string of the molecule is CC1=Cc2ccc3ccccc3c2C1[Si](C)(C)C1C=CC=C1. The molecule has 0 aliphatic heterocycles. The first-order valence-electron chi connectivity index (χ1n) is 8.14. The zero-order valence-electron chi connectivity index (χ0n) is 13.5. The van der Waals surface area contributed by atoms with Gasteiger partial charge in [-0.2, -0.15) is 0 Å². The molecule has 0 N–H and O–H groups in total. The molecule has 0 heterocycles. The van der Waals surface area contributed by atoms with Gasteiger partial charge in [-0.25, -0.2) is 0 Å². The van der Waals surface area contributed by atoms with Crippen molar-refractivity contribution in [3.63, 3.8) is 0 Å². The predicted octanol–water partition coefficient (Wildman–Crippen LogP) is 6.08. The third-order valence-corrected chi connectivity index (χ3v) is 9.82. The molecule has 0 saturated carbocycles. The molecule has 0 spiro atoms. The van der Waals surface area contributed by atoms with Crippen LogP contribution >= 0.6 is 0 Å². The van der Waals surface area contributed by atoms with Gasteiger partial charge in [0.05, 0.1) is 8.07 Å². The molecule has 22 heavy (non-hydrogen) atoms. The number of hydrogen-bond donors (Lipinski definition) is 0. The van der Waals surface area contributed by atoms with Gasteiger partial charge in [-0.1, -0.05) is 85.4 Å². The fraction of sp³-hybridized carbons (Fsp3) is 0.238. The van der Waals surface area contributed by atoms with Crippen LogP contribution in [0.1, 0.15) is 23.6 Å². The van der Waals surface area contributed by atoms with Crippen LogP contribution in [0, 0.1) is 0 Å². The van der Waals surface area contributed by atoms with E-state index in [4.69, 9.17) is 0 Å². The van der Waals surface area contributed by atoms with Crippen molar-refractivity contribution in [1.29, 1.82) is 0 Å². The van der Waals surface area contributed by atoms with Gasteiger partial charge in [0, 0.05) is 5.54 Å². The molecule has 2 aliphatic rings. The topological polar surface area (TPSA) is 0 Å². The van der Waals surface area contributed by atoms with Crippen molar-refractivity contribution < 1.29 is 0 Å². The largest absolute Gasteiger partial charge is 0.0803 e. The van der Waals surface area contributed by atoms with E-state index in [0.29, 0.717) is 11.1 Å². The molecule has 0 radical (unpaired) electrons. The number of rotatable bonds is 2. The van der Waals surface area contributed by atoms with Crippen LogP contribution in [0.5, 0.6) is 0 Å². The van der Waals surface area contributed by atoms with E-state index < -0.39 is 8.07 Å². The Kier molecular flexibility index (Phi) is 3.02. The highest BCUT2D eigenvalue weighted by Crippen LogP contribution is 2.49. The Morgan fingerprint density at radius 1 is 0.909 bits per heavy atom. The lowest BCUT2D eigenvalue weighted by atomic mass is 10.00. The zero-order chi connectivity index (χ0) is 15.3. The highest BCUT2D eigenvalue weighted by atomic mass is 28.3. The summed E-state index contributed by atoms with van der Waals surface area (Å²) in [4.78, 5) is 0. The summed E-state index contributed by atoms with van der Waals surface area (Å²) in [6.45, 7) is 7.43. The maximum Gasteiger partial charge on any atom is 0.0710 e. The molecule has 2 aliphatic carbocycles. The minimum absolute atomic E-state index is 0.617. The van der Waals surface area contributed by atoms with Crippen LogP contribution in [0.25, 0.3) is 16.8 Å². The molecular weight excluding hydrogens is 280 g/mol. The number of fused-ring (bicyclic) bond motifs is 3. The summed E-state index contributed by atoms with van der Waals surface area (Å²) in [6, 6.07) is 13.4. The normalized spacial score (nSPS) is 20.7. The second-order valence-corrected chi connectivity index (χ2v) is 12.1. The van der Waals surface area contributed by atoms with E-state index in [-0.39, 0.29) is 0 Å². The number of allylic oxidation sites excluding steroid dienone is 5. The fourth-order valence-corrected chi connectivity index (χ4v) is 8.32. The van der Waals surface area contributed by atoms with E-state index in [1.165, 1.54) is 16.3 Å². The maximum absolute atomic E-state index is 2.55. The second-order valence-electron chi connectivity index (χ2n) is 7.23. The Bertz CT molecular complexity index is 824. The first-order valence-corrected chi connectivity index (χ1v) is 11.3. The molecule has 0 nitrogen and oxygen atoms in total. The van der Waals surface area contributed by atoms with Gasteiger partial charge >= 0.3 is 0 Å². The molecule has 1 unspecified atom stereocenters. The van der Waals surface area contributed by atoms with Gasteiger partial charge in [-0.3, -0.25) is 0 Å². The van der Waals surface area contributed by atoms with Gasteiger partial charge < -0.3 is 0 Å². The van der Waals surface area contributed by atoms with Crippen LogP contribution in [0.4, 0.5) is 0 Å². The Hall–Kier alpha value is -1.86. The van der Waals surface area contributed by atoms with Crippen molar-refractivity contribution in [2.24, 2.45) is 0 Å². The highest BCUT2D eigenvalue weighted by Gasteiger charge is 2.42. The minimum atomic E-state index is -1.51. The van der Waals surface area contributed by atoms with E-state index >= 15 is 0 Å². The number of benzene rings is 2. The van der Waals surface area contributed by atoms with E-state index in [0.717, 1.165) is 0 Å². The van der Waals surface area contributed by atoms with Gasteiger partial charge in [0.2, 0.25) is 0 Å². The fourth-order valence-electron chi connectivity index (χ4n) is 4.40. The smallest absolute Gasteiger partial charge is 0.0710 e. The van der Waals surface area contributed by atoms with Gasteiger partial charge in [0.25, 0.3) is 0 Å². The maximum atomic E-state index is 2.55. The van der Waals surface area contributed by atoms with Crippen LogP contribution in [0.2, 0.25) is 18.6 Å².